The van der Waals surface area contributed by atoms with E-state index in [0.29, 0.717) is 0 Å². The maximum Gasteiger partial charge on any atom is 0.408 e. The first-order valence-corrected chi connectivity index (χ1v) is 11.6. The van der Waals surface area contributed by atoms with Crippen LogP contribution in [-0.4, -0.2) is 63.4 Å². The second-order valence-electron chi connectivity index (χ2n) is 10.8. The van der Waals surface area contributed by atoms with Gasteiger partial charge in [0.05, 0.1) is 6.61 Å². The number of hydrogen-bond acceptors (Lipinski definition) is 6. The van der Waals surface area contributed by atoms with Gasteiger partial charge < -0.3 is 30.5 Å². The zero-order valence-corrected chi connectivity index (χ0v) is 21.6. The zero-order valence-electron chi connectivity index (χ0n) is 21.6. The number of alkyl carbamates (subject to hydrolysis) is 1. The van der Waals surface area contributed by atoms with Gasteiger partial charge in [-0.3, -0.25) is 9.59 Å². The summed E-state index contributed by atoms with van der Waals surface area (Å²) in [5.41, 5.74) is -1.16. The molecule has 0 spiro atoms. The second kappa shape index (κ2) is 12.1. The van der Waals surface area contributed by atoms with E-state index in [4.69, 9.17) is 4.74 Å². The highest BCUT2D eigenvalue weighted by atomic mass is 16.6. The molecule has 1 aromatic rings. The van der Waals surface area contributed by atoms with E-state index < -0.39 is 47.7 Å². The average Bonchev–Trinajstić information content (AvgIpc) is 2.64. The van der Waals surface area contributed by atoms with Crippen molar-refractivity contribution in [2.75, 3.05) is 13.2 Å². The Kier molecular flexibility index (Phi) is 10.4. The van der Waals surface area contributed by atoms with E-state index in [2.05, 4.69) is 10.6 Å². The minimum Gasteiger partial charge on any atom is -0.508 e. The molecule has 0 saturated carbocycles. The Morgan fingerprint density at radius 3 is 2.12 bits per heavy atom. The molecule has 0 aliphatic heterocycles. The molecule has 2 unspecified atom stereocenters. The lowest BCUT2D eigenvalue weighted by molar-refractivity contribution is -0.144. The van der Waals surface area contributed by atoms with E-state index in [1.165, 1.54) is 11.0 Å². The summed E-state index contributed by atoms with van der Waals surface area (Å²) in [4.78, 5) is 40.8. The Morgan fingerprint density at radius 2 is 1.65 bits per heavy atom. The quantitative estimate of drug-likeness (QED) is 0.431. The molecule has 0 aliphatic carbocycles. The van der Waals surface area contributed by atoms with Crippen LogP contribution in [0.3, 0.4) is 0 Å². The summed E-state index contributed by atoms with van der Waals surface area (Å²) in [6.07, 6.45) is -0.470. The first kappa shape index (κ1) is 29.2. The van der Waals surface area contributed by atoms with Gasteiger partial charge in [0.1, 0.15) is 23.4 Å². The number of carbonyl (C=O) groups excluding carboxylic acids is 3. The van der Waals surface area contributed by atoms with Crippen molar-refractivity contribution in [2.45, 2.75) is 85.0 Å². The monoisotopic (exact) mass is 479 g/mol. The van der Waals surface area contributed by atoms with E-state index >= 15 is 0 Å². The van der Waals surface area contributed by atoms with Gasteiger partial charge >= 0.3 is 6.09 Å². The Hall–Kier alpha value is -2.81. The number of nitrogens with one attached hydrogen (secondary N) is 2. The smallest absolute Gasteiger partial charge is 0.408 e. The third-order valence-electron chi connectivity index (χ3n) is 4.61. The number of aliphatic hydroxyl groups excluding tert-OH is 1. The summed E-state index contributed by atoms with van der Waals surface area (Å²) >= 11 is 0. The molecule has 34 heavy (non-hydrogen) atoms. The highest BCUT2D eigenvalue weighted by Gasteiger charge is 2.38. The summed E-state index contributed by atoms with van der Waals surface area (Å²) in [6, 6.07) is 4.02. The lowest BCUT2D eigenvalue weighted by atomic mass is 9.97. The van der Waals surface area contributed by atoms with Crippen molar-refractivity contribution in [3.63, 3.8) is 0 Å². The molecule has 3 amide bonds. The Bertz CT molecular complexity index is 842. The fourth-order valence-corrected chi connectivity index (χ4v) is 3.42. The molecule has 0 saturated heterocycles. The van der Waals surface area contributed by atoms with E-state index in [0.717, 1.165) is 0 Å². The van der Waals surface area contributed by atoms with Gasteiger partial charge in [-0.05, 0) is 59.9 Å². The first-order valence-electron chi connectivity index (χ1n) is 11.6. The van der Waals surface area contributed by atoms with E-state index in [9.17, 15) is 24.6 Å². The van der Waals surface area contributed by atoms with Crippen molar-refractivity contribution in [3.05, 3.63) is 29.8 Å². The number of aromatic hydroxyl groups is 1. The highest BCUT2D eigenvalue weighted by molar-refractivity contribution is 5.92. The van der Waals surface area contributed by atoms with Gasteiger partial charge in [0, 0.05) is 17.6 Å². The molecule has 0 fully saturated rings. The predicted octanol–water partition coefficient (Wildman–Crippen LogP) is 3.11. The SMILES string of the molecule is CC(C)CC(NC(=O)OC(C)(C)C)C(=O)N(CCO)C(C(=O)NC(C)(C)C)c1ccccc1O. The van der Waals surface area contributed by atoms with E-state index in [-0.39, 0.29) is 30.2 Å². The van der Waals surface area contributed by atoms with Crippen LogP contribution in [0.4, 0.5) is 4.79 Å². The molecule has 1 rings (SSSR count). The van der Waals surface area contributed by atoms with Crippen LogP contribution < -0.4 is 10.6 Å². The van der Waals surface area contributed by atoms with Crippen molar-refractivity contribution >= 4 is 17.9 Å². The summed E-state index contributed by atoms with van der Waals surface area (Å²) in [7, 11) is 0. The second-order valence-corrected chi connectivity index (χ2v) is 10.8. The maximum absolute atomic E-state index is 13.7. The molecule has 0 heterocycles. The van der Waals surface area contributed by atoms with Crippen LogP contribution in [-0.2, 0) is 14.3 Å². The van der Waals surface area contributed by atoms with Crippen molar-refractivity contribution in [1.82, 2.24) is 15.5 Å². The van der Waals surface area contributed by atoms with Gasteiger partial charge in [-0.15, -0.1) is 0 Å². The van der Waals surface area contributed by atoms with Gasteiger partial charge in [-0.25, -0.2) is 4.79 Å². The molecule has 9 heteroatoms. The van der Waals surface area contributed by atoms with Crippen molar-refractivity contribution < 1.29 is 29.3 Å². The number of phenolic OH excluding ortho intramolecular Hbond substituents is 1. The lowest BCUT2D eigenvalue weighted by Crippen LogP contribution is -2.55. The molecule has 1 aromatic carbocycles. The molecular weight excluding hydrogens is 438 g/mol. The number of amides is 3. The normalized spacial score (nSPS) is 13.7. The van der Waals surface area contributed by atoms with Gasteiger partial charge in [-0.2, -0.15) is 0 Å². The molecule has 2 atom stereocenters. The Balaban J connectivity index is 3.47. The molecular formula is C25H41N3O6. The molecule has 0 aromatic heterocycles. The van der Waals surface area contributed by atoms with Crippen LogP contribution >= 0.6 is 0 Å². The fraction of sp³-hybridized carbons (Fsp3) is 0.640. The number of nitrogens with zero attached hydrogens (tertiary/aromatic N) is 1. The van der Waals surface area contributed by atoms with Crippen LogP contribution in [0, 0.1) is 5.92 Å². The van der Waals surface area contributed by atoms with Crippen LogP contribution in [0.5, 0.6) is 5.75 Å². The number of aliphatic hydroxyl groups is 1. The molecule has 4 N–H and O–H groups in total. The minimum absolute atomic E-state index is 0.0341. The highest BCUT2D eigenvalue weighted by Crippen LogP contribution is 2.30. The van der Waals surface area contributed by atoms with Gasteiger partial charge in [0.15, 0.2) is 0 Å². The number of ether oxygens (including phenoxy) is 1. The number of carbonyl (C=O) groups is 3. The minimum atomic E-state index is -1.23. The van der Waals surface area contributed by atoms with Gasteiger partial charge in [0.2, 0.25) is 11.8 Å². The summed E-state index contributed by atoms with van der Waals surface area (Å²) < 4.78 is 5.33. The predicted molar refractivity (Wildman–Crippen MR) is 130 cm³/mol. The van der Waals surface area contributed by atoms with Gasteiger partial charge in [0.25, 0.3) is 0 Å². The Labute approximate surface area is 202 Å². The van der Waals surface area contributed by atoms with Crippen LogP contribution in [0.15, 0.2) is 24.3 Å². The summed E-state index contributed by atoms with van der Waals surface area (Å²) in [5.74, 6) is -1.21. The summed E-state index contributed by atoms with van der Waals surface area (Å²) in [5, 5.41) is 25.8. The topological polar surface area (TPSA) is 128 Å². The van der Waals surface area contributed by atoms with E-state index in [1.807, 2.05) is 13.8 Å². The first-order chi connectivity index (χ1) is 15.6. The number of rotatable bonds is 9. The number of benzene rings is 1. The lowest BCUT2D eigenvalue weighted by Gasteiger charge is -2.36. The van der Waals surface area contributed by atoms with E-state index in [1.54, 1.807) is 59.7 Å². The number of para-hydroxylation sites is 1. The number of phenols is 1. The average molecular weight is 480 g/mol. The third-order valence-corrected chi connectivity index (χ3v) is 4.61. The molecule has 9 nitrogen and oxygen atoms in total. The summed E-state index contributed by atoms with van der Waals surface area (Å²) in [6.45, 7) is 13.8. The van der Waals surface area contributed by atoms with Crippen molar-refractivity contribution in [3.8, 4) is 5.75 Å². The number of hydrogen-bond donors (Lipinski definition) is 4. The zero-order chi connectivity index (χ0) is 26.3. The molecule has 0 bridgehead atoms. The van der Waals surface area contributed by atoms with Crippen LogP contribution in [0.25, 0.3) is 0 Å². The Morgan fingerprint density at radius 1 is 1.06 bits per heavy atom. The van der Waals surface area contributed by atoms with Crippen molar-refractivity contribution in [2.24, 2.45) is 5.92 Å². The third kappa shape index (κ3) is 9.59. The molecule has 192 valence electrons. The molecule has 0 radical (unpaired) electrons. The van der Waals surface area contributed by atoms with Crippen molar-refractivity contribution in [1.29, 1.82) is 0 Å². The van der Waals surface area contributed by atoms with Gasteiger partial charge in [-0.1, -0.05) is 32.0 Å². The van der Waals surface area contributed by atoms with Crippen LogP contribution in [0.2, 0.25) is 0 Å². The molecule has 0 aliphatic rings. The van der Waals surface area contributed by atoms with Crippen LogP contribution in [0.1, 0.15) is 73.4 Å². The fourth-order valence-electron chi connectivity index (χ4n) is 3.42. The largest absolute Gasteiger partial charge is 0.508 e. The maximum atomic E-state index is 13.7. The standard InChI is InChI=1S/C25H41N3O6/c1-16(2)15-18(26-23(33)34-25(6,7)8)22(32)28(13-14-29)20(21(31)27-24(3,4)5)17-11-9-10-12-19(17)30/h9-12,16,18,20,29-30H,13-15H2,1-8H3,(H,26,33)(H,27,31).